The standard InChI is InChI=1S/C15H20N2O7S/c1-15(2,3)14(19)24-10-23-13(18)9-16-17-25(20,21)12-7-5-11(22-4)6-8-12/h5-9,17H,10H2,1-4H3. The second-order valence-corrected chi connectivity index (χ2v) is 7.45. The SMILES string of the molecule is COc1ccc(S(=O)(=O)NN=CC(=O)OCOC(=O)C(C)(C)C)cc1. The van der Waals surface area contributed by atoms with Crippen LogP contribution in [-0.2, 0) is 29.1 Å². The minimum Gasteiger partial charge on any atom is -0.497 e. The molecule has 138 valence electrons. The Morgan fingerprint density at radius 3 is 2.28 bits per heavy atom. The molecule has 1 aromatic carbocycles. The van der Waals surface area contributed by atoms with Gasteiger partial charge in [-0.1, -0.05) is 0 Å². The zero-order valence-corrected chi connectivity index (χ0v) is 15.1. The third kappa shape index (κ3) is 6.79. The van der Waals surface area contributed by atoms with Gasteiger partial charge in [0.1, 0.15) is 12.0 Å². The van der Waals surface area contributed by atoms with Gasteiger partial charge in [-0.2, -0.15) is 18.4 Å². The van der Waals surface area contributed by atoms with Gasteiger partial charge < -0.3 is 14.2 Å². The van der Waals surface area contributed by atoms with E-state index in [1.165, 1.54) is 31.4 Å². The number of carbonyl (C=O) groups is 2. The molecule has 0 aliphatic carbocycles. The van der Waals surface area contributed by atoms with Crippen molar-refractivity contribution in [1.29, 1.82) is 0 Å². The molecule has 0 heterocycles. The first-order valence-corrected chi connectivity index (χ1v) is 8.57. The van der Waals surface area contributed by atoms with E-state index in [2.05, 4.69) is 9.84 Å². The van der Waals surface area contributed by atoms with Crippen molar-refractivity contribution in [3.05, 3.63) is 24.3 Å². The summed E-state index contributed by atoms with van der Waals surface area (Å²) in [6.45, 7) is 4.35. The van der Waals surface area contributed by atoms with Gasteiger partial charge in [-0.05, 0) is 45.0 Å². The van der Waals surface area contributed by atoms with Crippen molar-refractivity contribution in [2.75, 3.05) is 13.9 Å². The number of hydrazone groups is 1. The van der Waals surface area contributed by atoms with Crippen LogP contribution in [-0.4, -0.2) is 40.5 Å². The third-order valence-electron chi connectivity index (χ3n) is 2.72. The molecule has 0 radical (unpaired) electrons. The smallest absolute Gasteiger partial charge is 0.354 e. The molecular weight excluding hydrogens is 352 g/mol. The van der Waals surface area contributed by atoms with E-state index in [0.29, 0.717) is 12.0 Å². The van der Waals surface area contributed by atoms with Gasteiger partial charge in [0.05, 0.1) is 17.4 Å². The van der Waals surface area contributed by atoms with Gasteiger partial charge in [-0.25, -0.2) is 4.79 Å². The number of nitrogens with zero attached hydrogens (tertiary/aromatic N) is 1. The molecule has 1 rings (SSSR count). The number of hydrogen-bond donors (Lipinski definition) is 1. The predicted molar refractivity (Wildman–Crippen MR) is 88.3 cm³/mol. The maximum atomic E-state index is 11.9. The van der Waals surface area contributed by atoms with Crippen molar-refractivity contribution in [1.82, 2.24) is 4.83 Å². The second-order valence-electron chi connectivity index (χ2n) is 5.79. The second kappa shape index (κ2) is 8.47. The normalized spacial score (nSPS) is 11.8. The van der Waals surface area contributed by atoms with Crippen LogP contribution in [0.3, 0.4) is 0 Å². The lowest BCUT2D eigenvalue weighted by atomic mass is 9.98. The molecule has 25 heavy (non-hydrogen) atoms. The fraction of sp³-hybridized carbons (Fsp3) is 0.400. The van der Waals surface area contributed by atoms with Gasteiger partial charge in [0.2, 0.25) is 6.79 Å². The fourth-order valence-electron chi connectivity index (χ4n) is 1.35. The van der Waals surface area contributed by atoms with Gasteiger partial charge in [-0.15, -0.1) is 0 Å². The topological polar surface area (TPSA) is 120 Å². The van der Waals surface area contributed by atoms with E-state index in [9.17, 15) is 18.0 Å². The van der Waals surface area contributed by atoms with E-state index in [-0.39, 0.29) is 4.90 Å². The summed E-state index contributed by atoms with van der Waals surface area (Å²) in [5, 5.41) is 3.30. The number of carbonyl (C=O) groups excluding carboxylic acids is 2. The predicted octanol–water partition coefficient (Wildman–Crippen LogP) is 1.05. The van der Waals surface area contributed by atoms with Gasteiger partial charge in [-0.3, -0.25) is 4.79 Å². The molecule has 0 spiro atoms. The van der Waals surface area contributed by atoms with Crippen LogP contribution in [0.2, 0.25) is 0 Å². The van der Waals surface area contributed by atoms with Gasteiger partial charge in [0, 0.05) is 0 Å². The minimum absolute atomic E-state index is 0.0575. The van der Waals surface area contributed by atoms with Crippen molar-refractivity contribution in [3.63, 3.8) is 0 Å². The van der Waals surface area contributed by atoms with E-state index in [1.807, 2.05) is 4.83 Å². The van der Waals surface area contributed by atoms with Crippen LogP contribution in [0.5, 0.6) is 5.75 Å². The molecular formula is C15H20N2O7S. The maximum absolute atomic E-state index is 11.9. The Morgan fingerprint density at radius 2 is 1.76 bits per heavy atom. The number of ether oxygens (including phenoxy) is 3. The highest BCUT2D eigenvalue weighted by molar-refractivity contribution is 7.89. The summed E-state index contributed by atoms with van der Waals surface area (Å²) in [5.41, 5.74) is -0.728. The van der Waals surface area contributed by atoms with Gasteiger partial charge in [0.15, 0.2) is 0 Å². The Kier molecular flexibility index (Phi) is 6.92. The van der Waals surface area contributed by atoms with Crippen molar-refractivity contribution < 1.29 is 32.2 Å². The first kappa shape index (κ1) is 20.4. The highest BCUT2D eigenvalue weighted by Crippen LogP contribution is 2.15. The molecule has 0 saturated carbocycles. The number of esters is 2. The molecule has 0 bridgehead atoms. The summed E-state index contributed by atoms with van der Waals surface area (Å²) in [5.74, 6) is -1.02. The van der Waals surface area contributed by atoms with Crippen LogP contribution >= 0.6 is 0 Å². The van der Waals surface area contributed by atoms with Gasteiger partial charge >= 0.3 is 11.9 Å². The molecule has 0 unspecified atom stereocenters. The Labute approximate surface area is 146 Å². The Hall–Kier alpha value is -2.62. The minimum atomic E-state index is -3.93. The molecule has 0 aliphatic rings. The first-order valence-electron chi connectivity index (χ1n) is 7.09. The zero-order valence-electron chi connectivity index (χ0n) is 14.3. The van der Waals surface area contributed by atoms with E-state index >= 15 is 0 Å². The number of rotatable bonds is 7. The molecule has 1 N–H and O–H groups in total. The quantitative estimate of drug-likeness (QED) is 0.329. The highest BCUT2D eigenvalue weighted by atomic mass is 32.2. The molecule has 0 atom stereocenters. The molecule has 0 amide bonds. The van der Waals surface area contributed by atoms with Crippen LogP contribution in [0.15, 0.2) is 34.3 Å². The molecule has 10 heteroatoms. The number of methoxy groups -OCH3 is 1. The Bertz CT molecular complexity index is 734. The fourth-order valence-corrected chi connectivity index (χ4v) is 2.14. The molecule has 0 aliphatic heterocycles. The Morgan fingerprint density at radius 1 is 1.16 bits per heavy atom. The summed E-state index contributed by atoms with van der Waals surface area (Å²) in [7, 11) is -2.48. The average molecular weight is 372 g/mol. The monoisotopic (exact) mass is 372 g/mol. The number of sulfonamides is 1. The molecule has 0 fully saturated rings. The maximum Gasteiger partial charge on any atom is 0.354 e. The number of hydrogen-bond acceptors (Lipinski definition) is 8. The van der Waals surface area contributed by atoms with E-state index in [1.54, 1.807) is 20.8 Å². The lowest BCUT2D eigenvalue weighted by molar-refractivity contribution is -0.169. The molecule has 0 saturated heterocycles. The van der Waals surface area contributed by atoms with Crippen molar-refractivity contribution in [3.8, 4) is 5.75 Å². The van der Waals surface area contributed by atoms with Gasteiger partial charge in [0.25, 0.3) is 10.0 Å². The number of nitrogens with one attached hydrogen (secondary N) is 1. The average Bonchev–Trinajstić information content (AvgIpc) is 2.53. The van der Waals surface area contributed by atoms with Crippen molar-refractivity contribution in [2.24, 2.45) is 10.5 Å². The van der Waals surface area contributed by atoms with Crippen LogP contribution in [0.1, 0.15) is 20.8 Å². The lowest BCUT2D eigenvalue weighted by Crippen LogP contribution is -2.25. The van der Waals surface area contributed by atoms with E-state index in [4.69, 9.17) is 9.47 Å². The van der Waals surface area contributed by atoms with Crippen LogP contribution in [0.4, 0.5) is 0 Å². The molecule has 1 aromatic rings. The number of benzene rings is 1. The van der Waals surface area contributed by atoms with Crippen LogP contribution < -0.4 is 9.57 Å². The van der Waals surface area contributed by atoms with Crippen molar-refractivity contribution >= 4 is 28.2 Å². The Balaban J connectivity index is 2.50. The van der Waals surface area contributed by atoms with E-state index < -0.39 is 34.2 Å². The summed E-state index contributed by atoms with van der Waals surface area (Å²) >= 11 is 0. The summed E-state index contributed by atoms with van der Waals surface area (Å²) in [4.78, 5) is 24.6. The van der Waals surface area contributed by atoms with E-state index in [0.717, 1.165) is 0 Å². The van der Waals surface area contributed by atoms with Crippen LogP contribution in [0, 0.1) is 5.41 Å². The zero-order chi connectivity index (χ0) is 19.1. The molecule has 0 aromatic heterocycles. The third-order valence-corrected chi connectivity index (χ3v) is 3.95. The summed E-state index contributed by atoms with van der Waals surface area (Å²) < 4.78 is 38.1. The molecule has 9 nitrogen and oxygen atoms in total. The van der Waals surface area contributed by atoms with Crippen molar-refractivity contribution in [2.45, 2.75) is 25.7 Å². The largest absolute Gasteiger partial charge is 0.497 e. The lowest BCUT2D eigenvalue weighted by Gasteiger charge is -2.15. The summed E-state index contributed by atoms with van der Waals surface area (Å²) in [6, 6.07) is 5.58. The highest BCUT2D eigenvalue weighted by Gasteiger charge is 2.23. The first-order chi connectivity index (χ1) is 11.6. The van der Waals surface area contributed by atoms with Crippen LogP contribution in [0.25, 0.3) is 0 Å². The summed E-state index contributed by atoms with van der Waals surface area (Å²) in [6.07, 6.45) is 0.617.